The fourth-order valence-electron chi connectivity index (χ4n) is 3.14. The minimum absolute atomic E-state index is 0.125. The van der Waals surface area contributed by atoms with Gasteiger partial charge in [-0.1, -0.05) is 42.5 Å². The number of carbonyl (C=O) groups is 3. The molecule has 1 aromatic heterocycles. The van der Waals surface area contributed by atoms with Crippen molar-refractivity contribution in [2.45, 2.75) is 26.8 Å². The second kappa shape index (κ2) is 10.3. The van der Waals surface area contributed by atoms with Crippen LogP contribution in [-0.2, 0) is 16.1 Å². The number of aromatic nitrogens is 2. The first-order valence-electron chi connectivity index (χ1n) is 10.1. The predicted octanol–water partition coefficient (Wildman–Crippen LogP) is 3.09. The van der Waals surface area contributed by atoms with Gasteiger partial charge in [0.2, 0.25) is 0 Å². The summed E-state index contributed by atoms with van der Waals surface area (Å²) in [4.78, 5) is 36.5. The molecule has 0 fully saturated rings. The molecular weight excluding hydrogens is 394 g/mol. The molecule has 1 amide bonds. The van der Waals surface area contributed by atoms with Crippen molar-refractivity contribution in [3.63, 3.8) is 0 Å². The van der Waals surface area contributed by atoms with E-state index in [0.717, 1.165) is 17.8 Å². The summed E-state index contributed by atoms with van der Waals surface area (Å²) in [6.07, 6.45) is 0.721. The molecule has 0 aliphatic heterocycles. The van der Waals surface area contributed by atoms with Crippen molar-refractivity contribution < 1.29 is 19.1 Å². The molecule has 31 heavy (non-hydrogen) atoms. The van der Waals surface area contributed by atoms with Gasteiger partial charge in [-0.3, -0.25) is 14.3 Å². The number of hydrogen-bond donors (Lipinski definition) is 1. The number of ketones is 1. The third-order valence-corrected chi connectivity index (χ3v) is 4.73. The van der Waals surface area contributed by atoms with Crippen molar-refractivity contribution >= 4 is 17.7 Å². The maximum Gasteiger partial charge on any atom is 0.338 e. The van der Waals surface area contributed by atoms with Crippen molar-refractivity contribution in [3.05, 3.63) is 88.7 Å². The molecule has 1 heterocycles. The molecule has 160 valence electrons. The highest BCUT2D eigenvalue weighted by Gasteiger charge is 2.13. The van der Waals surface area contributed by atoms with Gasteiger partial charge in [-0.05, 0) is 38.5 Å². The lowest BCUT2D eigenvalue weighted by atomic mass is 10.0. The number of benzene rings is 2. The first kappa shape index (κ1) is 22.0. The number of aryl methyl sites for hydroxylation is 3. The summed E-state index contributed by atoms with van der Waals surface area (Å²) in [6.45, 7) is 4.73. The molecule has 1 N–H and O–H groups in total. The highest BCUT2D eigenvalue weighted by atomic mass is 16.5. The largest absolute Gasteiger partial charge is 0.452 e. The average Bonchev–Trinajstić information content (AvgIpc) is 3.12. The lowest BCUT2D eigenvalue weighted by Crippen LogP contribution is -2.30. The van der Waals surface area contributed by atoms with Crippen LogP contribution in [0.5, 0.6) is 0 Å². The van der Waals surface area contributed by atoms with E-state index >= 15 is 0 Å². The summed E-state index contributed by atoms with van der Waals surface area (Å²) < 4.78 is 6.96. The van der Waals surface area contributed by atoms with Gasteiger partial charge >= 0.3 is 5.97 Å². The zero-order valence-electron chi connectivity index (χ0n) is 17.6. The van der Waals surface area contributed by atoms with Crippen LogP contribution in [0.25, 0.3) is 0 Å². The zero-order valence-corrected chi connectivity index (χ0v) is 17.6. The molecule has 0 bridgehead atoms. The van der Waals surface area contributed by atoms with Crippen LogP contribution in [-0.4, -0.2) is 40.6 Å². The molecule has 0 radical (unpaired) electrons. The van der Waals surface area contributed by atoms with E-state index in [0.29, 0.717) is 24.2 Å². The van der Waals surface area contributed by atoms with Gasteiger partial charge in [-0.2, -0.15) is 5.10 Å². The highest BCUT2D eigenvalue weighted by molar-refractivity contribution is 6.09. The third kappa shape index (κ3) is 6.12. The SMILES string of the molecule is Cc1cc(C)n(CCCNC(=O)COC(=O)c2ccc(C(=O)c3ccccc3)cc2)n1. The minimum Gasteiger partial charge on any atom is -0.452 e. The Balaban J connectivity index is 1.41. The first-order chi connectivity index (χ1) is 14.9. The van der Waals surface area contributed by atoms with Crippen molar-refractivity contribution in [1.82, 2.24) is 15.1 Å². The molecule has 7 nitrogen and oxygen atoms in total. The number of nitrogens with one attached hydrogen (secondary N) is 1. The Kier molecular flexibility index (Phi) is 7.32. The van der Waals surface area contributed by atoms with Crippen molar-refractivity contribution in [2.75, 3.05) is 13.2 Å². The quantitative estimate of drug-likeness (QED) is 0.327. The van der Waals surface area contributed by atoms with Crippen molar-refractivity contribution in [1.29, 1.82) is 0 Å². The number of carbonyl (C=O) groups excluding carboxylic acids is 3. The molecule has 0 unspecified atom stereocenters. The number of hydrogen-bond acceptors (Lipinski definition) is 5. The van der Waals surface area contributed by atoms with E-state index in [2.05, 4.69) is 10.4 Å². The normalized spacial score (nSPS) is 10.5. The topological polar surface area (TPSA) is 90.3 Å². The highest BCUT2D eigenvalue weighted by Crippen LogP contribution is 2.12. The first-order valence-corrected chi connectivity index (χ1v) is 10.1. The summed E-state index contributed by atoms with van der Waals surface area (Å²) in [5.41, 5.74) is 3.37. The van der Waals surface area contributed by atoms with Gasteiger partial charge in [0.1, 0.15) is 0 Å². The number of ether oxygens (including phenoxy) is 1. The summed E-state index contributed by atoms with van der Waals surface area (Å²) in [5, 5.41) is 7.09. The molecule has 0 saturated heterocycles. The van der Waals surface area contributed by atoms with E-state index in [1.54, 1.807) is 36.4 Å². The van der Waals surface area contributed by atoms with Gasteiger partial charge < -0.3 is 10.1 Å². The fourth-order valence-corrected chi connectivity index (χ4v) is 3.14. The maximum absolute atomic E-state index is 12.4. The van der Waals surface area contributed by atoms with Crippen LogP contribution in [0.15, 0.2) is 60.7 Å². The van der Waals surface area contributed by atoms with E-state index in [1.165, 1.54) is 12.1 Å². The lowest BCUT2D eigenvalue weighted by molar-refractivity contribution is -0.124. The van der Waals surface area contributed by atoms with Crippen LogP contribution >= 0.6 is 0 Å². The molecule has 2 aromatic carbocycles. The van der Waals surface area contributed by atoms with Gasteiger partial charge in [0, 0.05) is 29.9 Å². The Bertz CT molecular complexity index is 1060. The number of esters is 1. The van der Waals surface area contributed by atoms with Crippen molar-refractivity contribution in [3.8, 4) is 0 Å². The molecule has 0 atom stereocenters. The predicted molar refractivity (Wildman–Crippen MR) is 116 cm³/mol. The summed E-state index contributed by atoms with van der Waals surface area (Å²) in [6, 6.07) is 17.1. The summed E-state index contributed by atoms with van der Waals surface area (Å²) in [7, 11) is 0. The van der Waals surface area contributed by atoms with Gasteiger partial charge in [0.15, 0.2) is 12.4 Å². The number of amides is 1. The summed E-state index contributed by atoms with van der Waals surface area (Å²) in [5.74, 6) is -1.10. The zero-order chi connectivity index (χ0) is 22.2. The number of nitrogens with zero attached hydrogens (tertiary/aromatic N) is 2. The van der Waals surface area contributed by atoms with E-state index in [4.69, 9.17) is 4.74 Å². The Labute approximate surface area is 181 Å². The van der Waals surface area contributed by atoms with Crippen molar-refractivity contribution in [2.24, 2.45) is 0 Å². The van der Waals surface area contributed by atoms with E-state index in [1.807, 2.05) is 30.7 Å². The Morgan fingerprint density at radius 3 is 2.23 bits per heavy atom. The van der Waals surface area contributed by atoms with E-state index in [9.17, 15) is 14.4 Å². The van der Waals surface area contributed by atoms with Crippen LogP contribution < -0.4 is 5.32 Å². The van der Waals surface area contributed by atoms with Gasteiger partial charge in [-0.15, -0.1) is 0 Å². The Morgan fingerprint density at radius 1 is 0.935 bits per heavy atom. The lowest BCUT2D eigenvalue weighted by Gasteiger charge is -2.08. The van der Waals surface area contributed by atoms with Crippen LogP contribution in [0.2, 0.25) is 0 Å². The van der Waals surface area contributed by atoms with Crippen LogP contribution in [0.3, 0.4) is 0 Å². The van der Waals surface area contributed by atoms with Crippen LogP contribution in [0.4, 0.5) is 0 Å². The molecular formula is C24H25N3O4. The Hall–Kier alpha value is -3.74. The second-order valence-electron chi connectivity index (χ2n) is 7.20. The van der Waals surface area contributed by atoms with Gasteiger partial charge in [0.25, 0.3) is 5.91 Å². The Morgan fingerprint density at radius 2 is 1.58 bits per heavy atom. The molecule has 0 aliphatic rings. The standard InChI is InChI=1S/C24H25N3O4/c1-17-15-18(2)27(26-17)14-6-13-25-22(28)16-31-24(30)21-11-9-20(10-12-21)23(29)19-7-4-3-5-8-19/h3-5,7-12,15H,6,13-14,16H2,1-2H3,(H,25,28). The van der Waals surface area contributed by atoms with Gasteiger partial charge in [0.05, 0.1) is 11.3 Å². The molecule has 0 aliphatic carbocycles. The molecule has 0 spiro atoms. The molecule has 3 aromatic rings. The monoisotopic (exact) mass is 419 g/mol. The fraction of sp³-hybridized carbons (Fsp3) is 0.250. The van der Waals surface area contributed by atoms with E-state index < -0.39 is 5.97 Å². The maximum atomic E-state index is 12.4. The van der Waals surface area contributed by atoms with Crippen LogP contribution in [0, 0.1) is 13.8 Å². The average molecular weight is 419 g/mol. The second-order valence-corrected chi connectivity index (χ2v) is 7.20. The smallest absolute Gasteiger partial charge is 0.338 e. The summed E-state index contributed by atoms with van der Waals surface area (Å²) >= 11 is 0. The molecule has 3 rings (SSSR count). The minimum atomic E-state index is -0.614. The third-order valence-electron chi connectivity index (χ3n) is 4.73. The van der Waals surface area contributed by atoms with E-state index in [-0.39, 0.29) is 23.9 Å². The molecule has 0 saturated carbocycles. The van der Waals surface area contributed by atoms with Gasteiger partial charge in [-0.25, -0.2) is 4.79 Å². The van der Waals surface area contributed by atoms with Crippen LogP contribution in [0.1, 0.15) is 44.1 Å². The molecule has 7 heteroatoms. The number of rotatable bonds is 9.